The average molecular weight is 308 g/mol. The van der Waals surface area contributed by atoms with Crippen molar-refractivity contribution in [2.24, 2.45) is 5.92 Å². The van der Waals surface area contributed by atoms with E-state index >= 15 is 0 Å². The van der Waals surface area contributed by atoms with Crippen LogP contribution in [0.4, 0.5) is 0 Å². The molecule has 21 heavy (non-hydrogen) atoms. The molecule has 0 saturated carbocycles. The third-order valence-electron chi connectivity index (χ3n) is 3.25. The number of hydrogen-bond acceptors (Lipinski definition) is 4. The van der Waals surface area contributed by atoms with Crippen LogP contribution in [0.15, 0.2) is 24.8 Å². The van der Waals surface area contributed by atoms with Crippen LogP contribution in [-0.2, 0) is 13.0 Å². The Balaban J connectivity index is 2.21. The number of halogens is 1. The first-order valence-corrected chi connectivity index (χ1v) is 7.69. The van der Waals surface area contributed by atoms with Crippen LogP contribution in [0.2, 0.25) is 5.02 Å². The molecule has 0 bridgehead atoms. The van der Waals surface area contributed by atoms with Crippen LogP contribution in [0.25, 0.3) is 0 Å². The number of hydrogen-bond donors (Lipinski definition) is 1. The van der Waals surface area contributed by atoms with E-state index in [4.69, 9.17) is 11.6 Å². The van der Waals surface area contributed by atoms with E-state index in [1.807, 2.05) is 10.7 Å². The first kappa shape index (κ1) is 15.9. The number of likely N-dealkylation sites (N-methyl/N-ethyl adjacent to an activating group) is 1. The highest BCUT2D eigenvalue weighted by Gasteiger charge is 2.18. The van der Waals surface area contributed by atoms with Gasteiger partial charge in [0, 0.05) is 31.4 Å². The van der Waals surface area contributed by atoms with Gasteiger partial charge in [-0.25, -0.2) is 9.67 Å². The molecule has 1 unspecified atom stereocenters. The lowest BCUT2D eigenvalue weighted by Gasteiger charge is -2.19. The molecule has 6 heteroatoms. The molecule has 114 valence electrons. The Bertz CT molecular complexity index is 567. The van der Waals surface area contributed by atoms with Gasteiger partial charge in [-0.05, 0) is 24.1 Å². The summed E-state index contributed by atoms with van der Waals surface area (Å²) in [6, 6.07) is 2.07. The summed E-state index contributed by atoms with van der Waals surface area (Å²) in [6.45, 7) is 8.17. The summed E-state index contributed by atoms with van der Waals surface area (Å²) in [4.78, 5) is 8.45. The Morgan fingerprint density at radius 1 is 1.38 bits per heavy atom. The van der Waals surface area contributed by atoms with Crippen molar-refractivity contribution < 1.29 is 0 Å². The van der Waals surface area contributed by atoms with Crippen LogP contribution in [0, 0.1) is 5.92 Å². The van der Waals surface area contributed by atoms with Gasteiger partial charge in [-0.2, -0.15) is 5.10 Å². The highest BCUT2D eigenvalue weighted by Crippen LogP contribution is 2.24. The first-order chi connectivity index (χ1) is 10.1. The van der Waals surface area contributed by atoms with Gasteiger partial charge in [0.1, 0.15) is 12.2 Å². The second-order valence-corrected chi connectivity index (χ2v) is 5.87. The minimum absolute atomic E-state index is 0.112. The first-order valence-electron chi connectivity index (χ1n) is 7.31. The second-order valence-electron chi connectivity index (χ2n) is 5.46. The summed E-state index contributed by atoms with van der Waals surface area (Å²) < 4.78 is 1.98. The van der Waals surface area contributed by atoms with E-state index < -0.39 is 0 Å². The van der Waals surface area contributed by atoms with E-state index in [0.717, 1.165) is 30.9 Å². The smallest absolute Gasteiger partial charge is 0.138 e. The zero-order valence-electron chi connectivity index (χ0n) is 12.8. The van der Waals surface area contributed by atoms with Gasteiger partial charge < -0.3 is 5.32 Å². The van der Waals surface area contributed by atoms with Gasteiger partial charge in [0.15, 0.2) is 0 Å². The fraction of sp³-hybridized carbons (Fsp3) is 0.533. The maximum absolute atomic E-state index is 6.27. The molecule has 0 fully saturated rings. The van der Waals surface area contributed by atoms with Crippen LogP contribution in [0.5, 0.6) is 0 Å². The Morgan fingerprint density at radius 3 is 2.86 bits per heavy atom. The van der Waals surface area contributed by atoms with Crippen LogP contribution in [-0.4, -0.2) is 26.3 Å². The zero-order valence-corrected chi connectivity index (χ0v) is 13.5. The van der Waals surface area contributed by atoms with Crippen molar-refractivity contribution in [1.29, 1.82) is 0 Å². The summed E-state index contributed by atoms with van der Waals surface area (Å²) in [5.74, 6) is 1.51. The SMILES string of the molecule is CCNC(Cc1ncnn1CC(C)C)c1ccncc1Cl. The van der Waals surface area contributed by atoms with Gasteiger partial charge in [-0.1, -0.05) is 32.4 Å². The number of aromatic nitrogens is 4. The van der Waals surface area contributed by atoms with E-state index in [1.54, 1.807) is 18.7 Å². The summed E-state index contributed by atoms with van der Waals surface area (Å²) >= 11 is 6.27. The lowest BCUT2D eigenvalue weighted by atomic mass is 10.0. The van der Waals surface area contributed by atoms with Crippen molar-refractivity contribution in [3.05, 3.63) is 41.2 Å². The Morgan fingerprint density at radius 2 is 2.19 bits per heavy atom. The van der Waals surface area contributed by atoms with E-state index in [1.165, 1.54) is 0 Å². The van der Waals surface area contributed by atoms with Gasteiger partial charge in [-0.15, -0.1) is 0 Å². The molecule has 0 aliphatic carbocycles. The lowest BCUT2D eigenvalue weighted by Crippen LogP contribution is -2.25. The molecular weight excluding hydrogens is 286 g/mol. The standard InChI is InChI=1S/C15H22ClN5/c1-4-18-14(12-5-6-17-8-13(12)16)7-15-19-10-20-21(15)9-11(2)3/h5-6,8,10-11,14,18H,4,7,9H2,1-3H3. The van der Waals surface area contributed by atoms with Crippen molar-refractivity contribution >= 4 is 11.6 Å². The lowest BCUT2D eigenvalue weighted by molar-refractivity contribution is 0.446. The topological polar surface area (TPSA) is 55.6 Å². The van der Waals surface area contributed by atoms with Gasteiger partial charge >= 0.3 is 0 Å². The van der Waals surface area contributed by atoms with Crippen LogP contribution < -0.4 is 5.32 Å². The Hall–Kier alpha value is -1.46. The highest BCUT2D eigenvalue weighted by molar-refractivity contribution is 6.31. The second kappa shape index (κ2) is 7.52. The highest BCUT2D eigenvalue weighted by atomic mass is 35.5. The summed E-state index contributed by atoms with van der Waals surface area (Å²) in [5.41, 5.74) is 1.05. The molecule has 2 heterocycles. The average Bonchev–Trinajstić information content (AvgIpc) is 2.85. The number of nitrogens with zero attached hydrogens (tertiary/aromatic N) is 4. The molecule has 2 aromatic heterocycles. The van der Waals surface area contributed by atoms with E-state index in [9.17, 15) is 0 Å². The fourth-order valence-corrected chi connectivity index (χ4v) is 2.59. The van der Waals surface area contributed by atoms with Gasteiger partial charge in [0.25, 0.3) is 0 Å². The summed E-state index contributed by atoms with van der Waals surface area (Å²) in [6.07, 6.45) is 5.82. The van der Waals surface area contributed by atoms with E-state index in [0.29, 0.717) is 10.9 Å². The predicted molar refractivity (Wildman–Crippen MR) is 84.2 cm³/mol. The van der Waals surface area contributed by atoms with Crippen molar-refractivity contribution in [2.75, 3.05) is 6.54 Å². The van der Waals surface area contributed by atoms with Crippen LogP contribution in [0.3, 0.4) is 0 Å². The van der Waals surface area contributed by atoms with Crippen molar-refractivity contribution in [3.8, 4) is 0 Å². The van der Waals surface area contributed by atoms with Crippen molar-refractivity contribution in [3.63, 3.8) is 0 Å². The van der Waals surface area contributed by atoms with Gasteiger partial charge in [0.2, 0.25) is 0 Å². The quantitative estimate of drug-likeness (QED) is 0.854. The van der Waals surface area contributed by atoms with Gasteiger partial charge in [-0.3, -0.25) is 4.98 Å². The molecule has 5 nitrogen and oxygen atoms in total. The molecule has 0 saturated heterocycles. The Kier molecular flexibility index (Phi) is 5.70. The molecule has 0 aliphatic rings. The maximum Gasteiger partial charge on any atom is 0.138 e. The molecular formula is C15H22ClN5. The minimum Gasteiger partial charge on any atom is -0.310 e. The maximum atomic E-state index is 6.27. The molecule has 0 amide bonds. The normalized spacial score (nSPS) is 12.8. The van der Waals surface area contributed by atoms with Crippen molar-refractivity contribution in [2.45, 2.75) is 39.8 Å². The third kappa shape index (κ3) is 4.25. The predicted octanol–water partition coefficient (Wildman–Crippen LogP) is 2.88. The number of pyridine rings is 1. The molecule has 0 aliphatic heterocycles. The fourth-order valence-electron chi connectivity index (χ4n) is 2.33. The minimum atomic E-state index is 0.112. The molecule has 1 atom stereocenters. The van der Waals surface area contributed by atoms with Crippen molar-refractivity contribution in [1.82, 2.24) is 25.1 Å². The van der Waals surface area contributed by atoms with Crippen LogP contribution in [0.1, 0.15) is 38.2 Å². The summed E-state index contributed by atoms with van der Waals surface area (Å²) in [5, 5.41) is 8.46. The molecule has 0 aromatic carbocycles. The van der Waals surface area contributed by atoms with Crippen LogP contribution >= 0.6 is 11.6 Å². The molecule has 2 aromatic rings. The van der Waals surface area contributed by atoms with E-state index in [2.05, 4.69) is 41.2 Å². The largest absolute Gasteiger partial charge is 0.310 e. The van der Waals surface area contributed by atoms with Gasteiger partial charge in [0.05, 0.1) is 5.02 Å². The monoisotopic (exact) mass is 307 g/mol. The zero-order chi connectivity index (χ0) is 15.2. The molecule has 0 radical (unpaired) electrons. The van der Waals surface area contributed by atoms with E-state index in [-0.39, 0.29) is 6.04 Å². The molecule has 2 rings (SSSR count). The Labute approximate surface area is 130 Å². The molecule has 0 spiro atoms. The third-order valence-corrected chi connectivity index (χ3v) is 3.57. The summed E-state index contributed by atoms with van der Waals surface area (Å²) in [7, 11) is 0. The number of nitrogens with one attached hydrogen (secondary N) is 1. The molecule has 1 N–H and O–H groups in total. The number of rotatable bonds is 7.